The Labute approximate surface area is 180 Å². The van der Waals surface area contributed by atoms with Crippen LogP contribution in [0.25, 0.3) is 22.4 Å². The van der Waals surface area contributed by atoms with E-state index in [1.807, 2.05) is 35.2 Å². The van der Waals surface area contributed by atoms with Gasteiger partial charge in [-0.2, -0.15) is 4.31 Å². The minimum absolute atomic E-state index is 0.127. The molecule has 1 amide bonds. The molecule has 0 spiro atoms. The topological polar surface area (TPSA) is 96.6 Å². The van der Waals surface area contributed by atoms with Gasteiger partial charge in [0.1, 0.15) is 10.6 Å². The van der Waals surface area contributed by atoms with Gasteiger partial charge in [-0.25, -0.2) is 13.4 Å². The van der Waals surface area contributed by atoms with Gasteiger partial charge in [0, 0.05) is 37.7 Å². The van der Waals surface area contributed by atoms with Crippen LogP contribution in [0, 0.1) is 0 Å². The molecule has 2 saturated heterocycles. The van der Waals surface area contributed by atoms with Crippen LogP contribution in [0.15, 0.2) is 52.0 Å². The molecule has 5 rings (SSSR count). The first-order chi connectivity index (χ1) is 15.0. The Balaban J connectivity index is 1.38. The lowest BCUT2D eigenvalue weighted by atomic mass is 10.0. The Kier molecular flexibility index (Phi) is 5.23. The van der Waals surface area contributed by atoms with E-state index in [4.69, 9.17) is 4.52 Å². The van der Waals surface area contributed by atoms with Crippen molar-refractivity contribution in [1.82, 2.24) is 19.3 Å². The fraction of sp³-hybridized carbons (Fsp3) is 0.409. The fourth-order valence-corrected chi connectivity index (χ4v) is 5.96. The first-order valence-electron chi connectivity index (χ1n) is 10.6. The first kappa shape index (κ1) is 20.1. The van der Waals surface area contributed by atoms with Crippen molar-refractivity contribution in [1.29, 1.82) is 0 Å². The number of hydrogen-bond donors (Lipinski definition) is 0. The molecule has 0 saturated carbocycles. The van der Waals surface area contributed by atoms with Gasteiger partial charge in [-0.15, -0.1) is 0 Å². The predicted molar refractivity (Wildman–Crippen MR) is 115 cm³/mol. The molecule has 2 aliphatic heterocycles. The number of piperidine rings is 2. The fourth-order valence-electron chi connectivity index (χ4n) is 4.51. The highest BCUT2D eigenvalue weighted by molar-refractivity contribution is 7.89. The number of aromatic nitrogens is 2. The lowest BCUT2D eigenvalue weighted by Crippen LogP contribution is -2.50. The summed E-state index contributed by atoms with van der Waals surface area (Å²) in [6.45, 7) is 1.57. The second-order valence-electron chi connectivity index (χ2n) is 8.10. The van der Waals surface area contributed by atoms with E-state index in [0.717, 1.165) is 24.9 Å². The lowest BCUT2D eigenvalue weighted by molar-refractivity contribution is -0.136. The Bertz CT molecular complexity index is 1200. The van der Waals surface area contributed by atoms with Crippen molar-refractivity contribution in [2.75, 3.05) is 19.6 Å². The summed E-state index contributed by atoms with van der Waals surface area (Å²) in [5, 5.41) is 4.66. The summed E-state index contributed by atoms with van der Waals surface area (Å²) in [5.74, 6) is 0.197. The number of fused-ring (bicyclic) bond motifs is 1. The number of hydrogen-bond acceptors (Lipinski definition) is 6. The van der Waals surface area contributed by atoms with Crippen molar-refractivity contribution in [3.63, 3.8) is 0 Å². The quantitative estimate of drug-likeness (QED) is 0.619. The highest BCUT2D eigenvalue weighted by Gasteiger charge is 2.34. The van der Waals surface area contributed by atoms with E-state index in [9.17, 15) is 13.2 Å². The van der Waals surface area contributed by atoms with Gasteiger partial charge in [0.15, 0.2) is 0 Å². The highest BCUT2D eigenvalue weighted by atomic mass is 32.2. The van der Waals surface area contributed by atoms with E-state index in [1.54, 1.807) is 6.07 Å². The van der Waals surface area contributed by atoms with E-state index >= 15 is 0 Å². The van der Waals surface area contributed by atoms with Gasteiger partial charge in [0.05, 0.1) is 11.6 Å². The number of pyridine rings is 1. The maximum atomic E-state index is 13.3. The van der Waals surface area contributed by atoms with Crippen LogP contribution < -0.4 is 0 Å². The van der Waals surface area contributed by atoms with Crippen molar-refractivity contribution >= 4 is 27.0 Å². The van der Waals surface area contributed by atoms with E-state index in [1.165, 1.54) is 10.5 Å². The first-order valence-corrected chi connectivity index (χ1v) is 12.1. The largest absolute Gasteiger partial charge is 0.340 e. The second-order valence-corrected chi connectivity index (χ2v) is 10.0. The Morgan fingerprint density at radius 2 is 1.81 bits per heavy atom. The smallest absolute Gasteiger partial charge is 0.258 e. The van der Waals surface area contributed by atoms with Crippen LogP contribution in [-0.4, -0.2) is 59.3 Å². The molecule has 2 fully saturated rings. The summed E-state index contributed by atoms with van der Waals surface area (Å²) in [6, 6.07) is 11.2. The zero-order chi connectivity index (χ0) is 21.4. The number of amides is 1. The van der Waals surface area contributed by atoms with Gasteiger partial charge in [0.2, 0.25) is 15.9 Å². The Morgan fingerprint density at radius 1 is 1.03 bits per heavy atom. The summed E-state index contributed by atoms with van der Waals surface area (Å²) in [5.41, 5.74) is 1.72. The van der Waals surface area contributed by atoms with Crippen molar-refractivity contribution in [3.8, 4) is 11.3 Å². The second kappa shape index (κ2) is 8.05. The van der Waals surface area contributed by atoms with E-state index in [-0.39, 0.29) is 16.8 Å². The number of sulfonamides is 1. The van der Waals surface area contributed by atoms with Crippen molar-refractivity contribution in [2.24, 2.45) is 0 Å². The molecule has 3 aromatic rings. The molecule has 0 aliphatic carbocycles. The van der Waals surface area contributed by atoms with Gasteiger partial charge in [-0.3, -0.25) is 4.79 Å². The molecule has 0 N–H and O–H groups in total. The van der Waals surface area contributed by atoms with Gasteiger partial charge in [-0.1, -0.05) is 35.5 Å². The molecule has 1 aromatic carbocycles. The third-order valence-electron chi connectivity index (χ3n) is 6.21. The zero-order valence-corrected chi connectivity index (χ0v) is 17.9. The lowest BCUT2D eigenvalue weighted by Gasteiger charge is -2.39. The van der Waals surface area contributed by atoms with Crippen LogP contribution in [0.4, 0.5) is 0 Å². The van der Waals surface area contributed by atoms with Crippen LogP contribution in [0.1, 0.15) is 32.1 Å². The molecule has 162 valence electrons. The maximum Gasteiger partial charge on any atom is 0.258 e. The molecule has 2 aromatic heterocycles. The average Bonchev–Trinajstić information content (AvgIpc) is 3.23. The van der Waals surface area contributed by atoms with Crippen LogP contribution in [0.3, 0.4) is 0 Å². The van der Waals surface area contributed by atoms with E-state index in [0.29, 0.717) is 49.1 Å². The third-order valence-corrected chi connectivity index (χ3v) is 8.08. The minimum Gasteiger partial charge on any atom is -0.340 e. The highest BCUT2D eigenvalue weighted by Crippen LogP contribution is 2.30. The number of nitrogens with zero attached hydrogens (tertiary/aromatic N) is 4. The monoisotopic (exact) mass is 440 g/mol. The average molecular weight is 441 g/mol. The van der Waals surface area contributed by atoms with Crippen LogP contribution in [0.2, 0.25) is 0 Å². The number of rotatable bonds is 4. The Morgan fingerprint density at radius 3 is 2.55 bits per heavy atom. The number of carbonyl (C=O) groups excluding carboxylic acids is 1. The predicted octanol–water partition coefficient (Wildman–Crippen LogP) is 3.06. The van der Waals surface area contributed by atoms with Crippen molar-refractivity contribution in [2.45, 2.75) is 43.0 Å². The van der Waals surface area contributed by atoms with Crippen LogP contribution in [0.5, 0.6) is 0 Å². The van der Waals surface area contributed by atoms with Crippen LogP contribution in [-0.2, 0) is 14.8 Å². The van der Waals surface area contributed by atoms with Gasteiger partial charge >= 0.3 is 0 Å². The molecule has 2 aliphatic rings. The summed E-state index contributed by atoms with van der Waals surface area (Å²) in [7, 11) is -3.70. The standard InChI is InChI=1S/C22H24N4O4S/c27-20-8-4-5-11-26(20)17-9-12-25(13-10-17)31(28,29)18-14-19-21(16-6-2-1-3-7-16)24-30-22(19)23-15-18/h1-3,6-7,14-15,17H,4-5,8-13H2. The minimum atomic E-state index is -3.70. The Hall–Kier alpha value is -2.78. The van der Waals surface area contributed by atoms with Crippen molar-refractivity contribution < 1.29 is 17.7 Å². The number of benzene rings is 1. The summed E-state index contributed by atoms with van der Waals surface area (Å²) < 4.78 is 33.4. The zero-order valence-electron chi connectivity index (χ0n) is 17.1. The van der Waals surface area contributed by atoms with Gasteiger partial charge in [0.25, 0.3) is 5.71 Å². The molecular weight excluding hydrogens is 416 g/mol. The molecular formula is C22H24N4O4S. The molecule has 0 unspecified atom stereocenters. The summed E-state index contributed by atoms with van der Waals surface area (Å²) in [6.07, 6.45) is 5.22. The van der Waals surface area contributed by atoms with E-state index < -0.39 is 10.0 Å². The van der Waals surface area contributed by atoms with Crippen molar-refractivity contribution in [3.05, 3.63) is 42.6 Å². The number of likely N-dealkylation sites (tertiary alicyclic amines) is 1. The molecule has 9 heteroatoms. The molecule has 0 atom stereocenters. The number of carbonyl (C=O) groups is 1. The maximum absolute atomic E-state index is 13.3. The third kappa shape index (κ3) is 3.72. The van der Waals surface area contributed by atoms with Gasteiger partial charge in [-0.05, 0) is 31.7 Å². The summed E-state index contributed by atoms with van der Waals surface area (Å²) >= 11 is 0. The van der Waals surface area contributed by atoms with Gasteiger partial charge < -0.3 is 9.42 Å². The van der Waals surface area contributed by atoms with E-state index in [2.05, 4.69) is 10.1 Å². The van der Waals surface area contributed by atoms with Crippen LogP contribution >= 0.6 is 0 Å². The molecule has 4 heterocycles. The SMILES string of the molecule is O=C1CCCCN1C1CCN(S(=O)(=O)c2cnc3onc(-c4ccccc4)c3c2)CC1. The molecule has 0 radical (unpaired) electrons. The normalized spacial score (nSPS) is 19.2. The molecule has 8 nitrogen and oxygen atoms in total. The summed E-state index contributed by atoms with van der Waals surface area (Å²) in [4.78, 5) is 18.5. The molecule has 31 heavy (non-hydrogen) atoms. The molecule has 0 bridgehead atoms.